The molecule has 0 aliphatic rings. The molecule has 0 amide bonds. The van der Waals surface area contributed by atoms with Crippen LogP contribution in [0.25, 0.3) is 16.9 Å². The molecule has 124 valence electrons. The third kappa shape index (κ3) is 2.46. The predicted molar refractivity (Wildman–Crippen MR) is 79.5 cm³/mol. The van der Waals surface area contributed by atoms with Crippen LogP contribution in [0.5, 0.6) is 0 Å². The van der Waals surface area contributed by atoms with E-state index < -0.39 is 41.1 Å². The van der Waals surface area contributed by atoms with Crippen LogP contribution in [0.2, 0.25) is 0 Å². The highest BCUT2D eigenvalue weighted by molar-refractivity contribution is 5.63. The Bertz CT molecular complexity index is 878. The Balaban J connectivity index is 2.33. The molecule has 3 rings (SSSR count). The van der Waals surface area contributed by atoms with Crippen LogP contribution in [-0.2, 0) is 6.61 Å². The van der Waals surface area contributed by atoms with E-state index in [1.807, 2.05) is 0 Å². The molecule has 0 saturated heterocycles. The first kappa shape index (κ1) is 16.2. The zero-order valence-electron chi connectivity index (χ0n) is 12.5. The van der Waals surface area contributed by atoms with Crippen molar-refractivity contribution >= 4 is 0 Å². The van der Waals surface area contributed by atoms with Gasteiger partial charge in [-0.1, -0.05) is 30.3 Å². The lowest BCUT2D eigenvalue weighted by Crippen LogP contribution is -2.12. The van der Waals surface area contributed by atoms with Crippen LogP contribution in [0, 0.1) is 30.2 Å². The highest BCUT2D eigenvalue weighted by atomic mass is 19.2. The van der Waals surface area contributed by atoms with Gasteiger partial charge in [-0.3, -0.25) is 0 Å². The summed E-state index contributed by atoms with van der Waals surface area (Å²) in [6.45, 7) is 0.434. The number of hydrogen-bond donors (Lipinski definition) is 1. The molecule has 0 unspecified atom stereocenters. The van der Waals surface area contributed by atoms with Crippen LogP contribution in [0.1, 0.15) is 11.3 Å². The fourth-order valence-corrected chi connectivity index (χ4v) is 2.47. The van der Waals surface area contributed by atoms with Crippen molar-refractivity contribution in [3.05, 3.63) is 70.9 Å². The summed E-state index contributed by atoms with van der Waals surface area (Å²) in [7, 11) is 0. The molecule has 0 atom stereocenters. The molecule has 0 bridgehead atoms. The number of aliphatic hydroxyl groups excluding tert-OH is 1. The molecule has 0 fully saturated rings. The van der Waals surface area contributed by atoms with Gasteiger partial charge in [0, 0.05) is 5.56 Å². The normalized spacial score (nSPS) is 11.1. The van der Waals surface area contributed by atoms with Gasteiger partial charge in [0.05, 0.1) is 23.6 Å². The summed E-state index contributed by atoms with van der Waals surface area (Å²) in [6, 6.07) is 10.1. The minimum atomic E-state index is -1.64. The van der Waals surface area contributed by atoms with Gasteiger partial charge >= 0.3 is 0 Å². The summed E-state index contributed by atoms with van der Waals surface area (Å²) in [5.74, 6) is -6.51. The van der Waals surface area contributed by atoms with Crippen molar-refractivity contribution in [2.45, 2.75) is 13.5 Å². The molecule has 3 aromatic rings. The lowest BCUT2D eigenvalue weighted by atomic mass is 10.1. The molecular weight excluding hydrogens is 324 g/mol. The lowest BCUT2D eigenvalue weighted by molar-refractivity contribution is 0.262. The van der Waals surface area contributed by atoms with E-state index in [4.69, 9.17) is 5.11 Å². The molecule has 2 aromatic carbocycles. The van der Waals surface area contributed by atoms with Crippen LogP contribution in [0.15, 0.2) is 36.4 Å². The van der Waals surface area contributed by atoms with E-state index in [1.165, 1.54) is 0 Å². The Labute approximate surface area is 134 Å². The first-order chi connectivity index (χ1) is 11.5. The molecular formula is C17H12F4N2O. The van der Waals surface area contributed by atoms with Crippen molar-refractivity contribution in [1.29, 1.82) is 0 Å². The Kier molecular flexibility index (Phi) is 4.11. The van der Waals surface area contributed by atoms with Gasteiger partial charge in [-0.2, -0.15) is 5.10 Å². The van der Waals surface area contributed by atoms with E-state index >= 15 is 0 Å². The second kappa shape index (κ2) is 6.09. The monoisotopic (exact) mass is 336 g/mol. The molecule has 3 nitrogen and oxygen atoms in total. The van der Waals surface area contributed by atoms with Crippen molar-refractivity contribution < 1.29 is 22.7 Å². The number of benzene rings is 2. The van der Waals surface area contributed by atoms with Crippen LogP contribution in [0.3, 0.4) is 0 Å². The third-order valence-electron chi connectivity index (χ3n) is 3.60. The molecule has 0 aliphatic carbocycles. The van der Waals surface area contributed by atoms with Gasteiger partial charge in [0.15, 0.2) is 23.3 Å². The van der Waals surface area contributed by atoms with E-state index in [0.717, 1.165) is 4.68 Å². The minimum Gasteiger partial charge on any atom is -0.391 e. The smallest absolute Gasteiger partial charge is 0.188 e. The fraction of sp³-hybridized carbons (Fsp3) is 0.118. The van der Waals surface area contributed by atoms with Gasteiger partial charge in [-0.05, 0) is 13.0 Å². The van der Waals surface area contributed by atoms with Gasteiger partial charge in [-0.15, -0.1) is 0 Å². The van der Waals surface area contributed by atoms with Gasteiger partial charge in [0.2, 0.25) is 0 Å². The molecule has 1 aromatic heterocycles. The van der Waals surface area contributed by atoms with Crippen molar-refractivity contribution in [3.8, 4) is 16.9 Å². The van der Waals surface area contributed by atoms with Gasteiger partial charge in [-0.25, -0.2) is 22.2 Å². The first-order valence-corrected chi connectivity index (χ1v) is 7.03. The third-order valence-corrected chi connectivity index (χ3v) is 3.60. The molecule has 1 heterocycles. The molecule has 1 N–H and O–H groups in total. The molecule has 0 spiro atoms. The predicted octanol–water partition coefficient (Wildman–Crippen LogP) is 3.90. The van der Waals surface area contributed by atoms with Gasteiger partial charge in [0.25, 0.3) is 0 Å². The largest absolute Gasteiger partial charge is 0.391 e. The molecule has 0 radical (unpaired) electrons. The number of aromatic nitrogens is 2. The Morgan fingerprint density at radius 2 is 1.54 bits per heavy atom. The van der Waals surface area contributed by atoms with Crippen molar-refractivity contribution in [3.63, 3.8) is 0 Å². The second-order valence-electron chi connectivity index (χ2n) is 5.19. The van der Waals surface area contributed by atoms with Crippen molar-refractivity contribution in [2.75, 3.05) is 0 Å². The quantitative estimate of drug-likeness (QED) is 0.582. The van der Waals surface area contributed by atoms with E-state index in [9.17, 15) is 17.6 Å². The maximum atomic E-state index is 14.3. The van der Waals surface area contributed by atoms with E-state index in [2.05, 4.69) is 5.10 Å². The summed E-state index contributed by atoms with van der Waals surface area (Å²) in [4.78, 5) is 0. The number of nitrogens with zero attached hydrogens (tertiary/aromatic N) is 2. The Morgan fingerprint density at radius 3 is 2.08 bits per heavy atom. The SMILES string of the molecule is Cc1cc(-c2ccccc2)n(-c2c(F)c(F)c(CO)c(F)c2F)n1. The highest BCUT2D eigenvalue weighted by Crippen LogP contribution is 2.31. The van der Waals surface area contributed by atoms with Crippen LogP contribution >= 0.6 is 0 Å². The first-order valence-electron chi connectivity index (χ1n) is 7.03. The average molecular weight is 336 g/mol. The van der Waals surface area contributed by atoms with E-state index in [0.29, 0.717) is 11.3 Å². The number of rotatable bonds is 3. The van der Waals surface area contributed by atoms with Crippen LogP contribution in [0.4, 0.5) is 17.6 Å². The Morgan fingerprint density at radius 1 is 0.958 bits per heavy atom. The topological polar surface area (TPSA) is 38.0 Å². The number of halogens is 4. The van der Waals surface area contributed by atoms with Crippen LogP contribution < -0.4 is 0 Å². The van der Waals surface area contributed by atoms with Crippen molar-refractivity contribution in [1.82, 2.24) is 9.78 Å². The van der Waals surface area contributed by atoms with Crippen LogP contribution in [-0.4, -0.2) is 14.9 Å². The summed E-state index contributed by atoms with van der Waals surface area (Å²) >= 11 is 0. The lowest BCUT2D eigenvalue weighted by Gasteiger charge is -2.13. The van der Waals surface area contributed by atoms with E-state index in [-0.39, 0.29) is 5.69 Å². The second-order valence-corrected chi connectivity index (χ2v) is 5.19. The zero-order valence-corrected chi connectivity index (χ0v) is 12.5. The maximum Gasteiger partial charge on any atom is 0.188 e. The molecule has 24 heavy (non-hydrogen) atoms. The standard InChI is InChI=1S/C17H12F4N2O/c1-9-7-12(10-5-3-2-4-6-10)23(22-9)17-15(20)13(18)11(8-24)14(19)16(17)21/h2-7,24H,8H2,1H3. The summed E-state index contributed by atoms with van der Waals surface area (Å²) in [5, 5.41) is 12.9. The maximum absolute atomic E-state index is 14.3. The Hall–Kier alpha value is -2.67. The highest BCUT2D eigenvalue weighted by Gasteiger charge is 2.28. The minimum absolute atomic E-state index is 0.279. The fourth-order valence-electron chi connectivity index (χ4n) is 2.47. The van der Waals surface area contributed by atoms with Gasteiger partial charge in [0.1, 0.15) is 5.69 Å². The average Bonchev–Trinajstić information content (AvgIpc) is 2.96. The number of aryl methyl sites for hydroxylation is 1. The summed E-state index contributed by atoms with van der Waals surface area (Å²) < 4.78 is 57.4. The summed E-state index contributed by atoms with van der Waals surface area (Å²) in [5.41, 5.74) is -0.752. The van der Waals surface area contributed by atoms with E-state index in [1.54, 1.807) is 43.3 Å². The number of hydrogen-bond acceptors (Lipinski definition) is 2. The molecule has 0 saturated carbocycles. The number of aliphatic hydroxyl groups is 1. The van der Waals surface area contributed by atoms with Crippen molar-refractivity contribution in [2.24, 2.45) is 0 Å². The molecule has 7 heteroatoms. The molecule has 0 aliphatic heterocycles. The summed E-state index contributed by atoms with van der Waals surface area (Å²) in [6.07, 6.45) is 0. The zero-order chi connectivity index (χ0) is 17.4. The van der Waals surface area contributed by atoms with Gasteiger partial charge < -0.3 is 5.11 Å².